The Kier molecular flexibility index (Phi) is 6.77. The van der Waals surface area contributed by atoms with Crippen LogP contribution in [0.25, 0.3) is 6.08 Å². The van der Waals surface area contributed by atoms with Crippen LogP contribution in [0.2, 0.25) is 5.02 Å². The van der Waals surface area contributed by atoms with E-state index in [4.69, 9.17) is 16.3 Å². The first-order valence-corrected chi connectivity index (χ1v) is 8.82. The van der Waals surface area contributed by atoms with E-state index in [-0.39, 0.29) is 52.1 Å². The molecule has 0 saturated carbocycles. The van der Waals surface area contributed by atoms with Crippen molar-refractivity contribution in [1.82, 2.24) is 0 Å². The highest BCUT2D eigenvalue weighted by molar-refractivity contribution is 6.34. The zero-order chi connectivity index (χ0) is 20.1. The zero-order valence-corrected chi connectivity index (χ0v) is 15.7. The molecule has 27 heavy (non-hydrogen) atoms. The van der Waals surface area contributed by atoms with Gasteiger partial charge in [-0.2, -0.15) is 0 Å². The van der Waals surface area contributed by atoms with Crippen molar-refractivity contribution in [3.8, 4) is 5.75 Å². The minimum absolute atomic E-state index is 0.0335. The van der Waals surface area contributed by atoms with Gasteiger partial charge in [0.2, 0.25) is 0 Å². The molecule has 1 unspecified atom stereocenters. The molecule has 0 saturated heterocycles. The van der Waals surface area contributed by atoms with Gasteiger partial charge in [-0.15, -0.1) is 0 Å². The first-order valence-electron chi connectivity index (χ1n) is 8.45. The van der Waals surface area contributed by atoms with E-state index in [1.54, 1.807) is 13.8 Å². The molecule has 1 aliphatic rings. The number of hydrogen-bond acceptors (Lipinski definition) is 4. The Labute approximate surface area is 160 Å². The van der Waals surface area contributed by atoms with E-state index in [0.717, 1.165) is 6.08 Å². The maximum Gasteiger partial charge on any atom is 0.332 e. The van der Waals surface area contributed by atoms with Gasteiger partial charge in [-0.05, 0) is 32.1 Å². The molecular formula is C19H19ClFNO5. The third-order valence-electron chi connectivity index (χ3n) is 4.34. The van der Waals surface area contributed by atoms with E-state index in [1.807, 2.05) is 0 Å². The van der Waals surface area contributed by atoms with Crippen LogP contribution >= 0.6 is 11.6 Å². The van der Waals surface area contributed by atoms with Gasteiger partial charge in [0.15, 0.2) is 5.82 Å². The largest absolute Gasteiger partial charge is 0.492 e. The Hall–Kier alpha value is -2.63. The second-order valence-electron chi connectivity index (χ2n) is 6.10. The molecule has 144 valence electrons. The Morgan fingerprint density at radius 1 is 1.52 bits per heavy atom. The molecule has 0 aliphatic heterocycles. The molecule has 1 amide bonds. The maximum atomic E-state index is 14.7. The maximum absolute atomic E-state index is 14.7. The molecule has 1 atom stereocenters. The summed E-state index contributed by atoms with van der Waals surface area (Å²) in [5.41, 5.74) is -0.380. The van der Waals surface area contributed by atoms with Gasteiger partial charge in [0, 0.05) is 28.9 Å². The minimum Gasteiger partial charge on any atom is -0.492 e. The summed E-state index contributed by atoms with van der Waals surface area (Å²) in [5.74, 6) is -1.54. The Balaban J connectivity index is 2.49. The number of nitrogens with one attached hydrogen (secondary N) is 1. The second kappa shape index (κ2) is 8.84. The first kappa shape index (κ1) is 20.7. The molecule has 2 N–H and O–H groups in total. The lowest BCUT2D eigenvalue weighted by molar-refractivity contribution is -0.133. The SMILES string of the molecule is CCOc1cc(NC(=O)C2=C(C(=O)O)C(C)CCC2)c(F)c(C=C=O)c1Cl. The molecule has 0 aromatic heterocycles. The van der Waals surface area contributed by atoms with Crippen molar-refractivity contribution in [2.45, 2.75) is 33.1 Å². The van der Waals surface area contributed by atoms with Crippen LogP contribution in [0.1, 0.15) is 38.7 Å². The van der Waals surface area contributed by atoms with Crippen molar-refractivity contribution in [1.29, 1.82) is 0 Å². The number of hydrogen-bond donors (Lipinski definition) is 2. The molecule has 2 rings (SSSR count). The third-order valence-corrected chi connectivity index (χ3v) is 4.73. The van der Waals surface area contributed by atoms with Crippen LogP contribution in [-0.4, -0.2) is 29.5 Å². The molecule has 0 bridgehead atoms. The summed E-state index contributed by atoms with van der Waals surface area (Å²) in [6, 6.07) is 1.20. The summed E-state index contributed by atoms with van der Waals surface area (Å²) >= 11 is 6.04. The van der Waals surface area contributed by atoms with Gasteiger partial charge < -0.3 is 15.2 Å². The lowest BCUT2D eigenvalue weighted by Crippen LogP contribution is -2.25. The van der Waals surface area contributed by atoms with Crippen molar-refractivity contribution in [2.75, 3.05) is 11.9 Å². The summed E-state index contributed by atoms with van der Waals surface area (Å²) in [4.78, 5) is 34.8. The number of benzene rings is 1. The number of rotatable bonds is 6. The second-order valence-corrected chi connectivity index (χ2v) is 6.48. The van der Waals surface area contributed by atoms with Gasteiger partial charge >= 0.3 is 5.97 Å². The smallest absolute Gasteiger partial charge is 0.332 e. The summed E-state index contributed by atoms with van der Waals surface area (Å²) in [6.07, 6.45) is 2.41. The van der Waals surface area contributed by atoms with Crippen LogP contribution in [0.15, 0.2) is 17.2 Å². The molecule has 0 radical (unpaired) electrons. The number of ether oxygens (including phenoxy) is 1. The fourth-order valence-corrected chi connectivity index (χ4v) is 3.35. The van der Waals surface area contributed by atoms with Crippen LogP contribution in [0.3, 0.4) is 0 Å². The topological polar surface area (TPSA) is 92.7 Å². The molecule has 0 fully saturated rings. The number of carbonyl (C=O) groups excluding carboxylic acids is 2. The fourth-order valence-electron chi connectivity index (χ4n) is 3.10. The van der Waals surface area contributed by atoms with E-state index in [9.17, 15) is 23.9 Å². The van der Waals surface area contributed by atoms with E-state index in [1.165, 1.54) is 12.0 Å². The van der Waals surface area contributed by atoms with Gasteiger partial charge in [-0.1, -0.05) is 18.5 Å². The molecule has 6 nitrogen and oxygen atoms in total. The summed E-state index contributed by atoms with van der Waals surface area (Å²) < 4.78 is 20.0. The number of anilines is 1. The van der Waals surface area contributed by atoms with Crippen LogP contribution < -0.4 is 10.1 Å². The average Bonchev–Trinajstić information content (AvgIpc) is 2.62. The van der Waals surface area contributed by atoms with Crippen molar-refractivity contribution >= 4 is 41.2 Å². The van der Waals surface area contributed by atoms with E-state index in [2.05, 4.69) is 5.32 Å². The Bertz CT molecular complexity index is 858. The summed E-state index contributed by atoms with van der Waals surface area (Å²) in [7, 11) is 0. The van der Waals surface area contributed by atoms with Crippen LogP contribution in [-0.2, 0) is 14.4 Å². The van der Waals surface area contributed by atoms with Gasteiger partial charge in [-0.3, -0.25) is 4.79 Å². The fraction of sp³-hybridized carbons (Fsp3) is 0.368. The number of carbonyl (C=O) groups is 2. The van der Waals surface area contributed by atoms with E-state index >= 15 is 0 Å². The van der Waals surface area contributed by atoms with Crippen molar-refractivity contribution in [3.05, 3.63) is 33.6 Å². The number of carboxylic acids is 1. The highest BCUT2D eigenvalue weighted by atomic mass is 35.5. The van der Waals surface area contributed by atoms with Gasteiger partial charge in [-0.25, -0.2) is 14.0 Å². The summed E-state index contributed by atoms with van der Waals surface area (Å²) in [6.45, 7) is 3.66. The number of aliphatic carboxylic acids is 1. The number of carboxylic acid groups (broad SMARTS) is 1. The minimum atomic E-state index is -1.16. The summed E-state index contributed by atoms with van der Waals surface area (Å²) in [5, 5.41) is 11.7. The van der Waals surface area contributed by atoms with Crippen molar-refractivity contribution < 1.29 is 28.6 Å². The normalized spacial score (nSPS) is 16.5. The first-order chi connectivity index (χ1) is 12.8. The number of amides is 1. The zero-order valence-electron chi connectivity index (χ0n) is 14.9. The molecule has 0 spiro atoms. The monoisotopic (exact) mass is 395 g/mol. The van der Waals surface area contributed by atoms with Gasteiger partial charge in [0.1, 0.15) is 11.7 Å². The predicted octanol–water partition coefficient (Wildman–Crippen LogP) is 3.86. The highest BCUT2D eigenvalue weighted by Crippen LogP contribution is 2.37. The standard InChI is InChI=1S/C19H19ClFNO5/c1-3-27-14-9-13(17(21)12(7-8-23)16(14)20)22-18(24)11-6-4-5-10(2)15(11)19(25)26/h7,9-10H,3-6H2,1-2H3,(H,22,24)(H,25,26). The van der Waals surface area contributed by atoms with Crippen LogP contribution in [0.4, 0.5) is 10.1 Å². The van der Waals surface area contributed by atoms with Crippen molar-refractivity contribution in [2.24, 2.45) is 5.92 Å². The predicted molar refractivity (Wildman–Crippen MR) is 99.0 cm³/mol. The molecule has 1 aliphatic carbocycles. The van der Waals surface area contributed by atoms with Crippen LogP contribution in [0, 0.1) is 11.7 Å². The quantitative estimate of drug-likeness (QED) is 0.713. The van der Waals surface area contributed by atoms with Crippen LogP contribution in [0.5, 0.6) is 5.75 Å². The average molecular weight is 396 g/mol. The molecule has 0 heterocycles. The Morgan fingerprint density at radius 3 is 2.81 bits per heavy atom. The lowest BCUT2D eigenvalue weighted by atomic mass is 9.83. The van der Waals surface area contributed by atoms with Gasteiger partial charge in [0.05, 0.1) is 17.3 Å². The molecular weight excluding hydrogens is 377 g/mol. The van der Waals surface area contributed by atoms with Crippen molar-refractivity contribution in [3.63, 3.8) is 0 Å². The lowest BCUT2D eigenvalue weighted by Gasteiger charge is -2.23. The highest BCUT2D eigenvalue weighted by Gasteiger charge is 2.29. The molecule has 1 aromatic rings. The molecule has 8 heteroatoms. The third kappa shape index (κ3) is 4.38. The molecule has 1 aromatic carbocycles. The van der Waals surface area contributed by atoms with Gasteiger partial charge in [0.25, 0.3) is 5.91 Å². The number of halogens is 2. The Morgan fingerprint density at radius 2 is 2.22 bits per heavy atom. The van der Waals surface area contributed by atoms with E-state index in [0.29, 0.717) is 12.8 Å². The van der Waals surface area contributed by atoms with E-state index < -0.39 is 17.7 Å².